The second kappa shape index (κ2) is 3.96. The lowest BCUT2D eigenvalue weighted by atomic mass is 10.1. The third-order valence-corrected chi connectivity index (χ3v) is 2.85. The van der Waals surface area contributed by atoms with Crippen LogP contribution in [-0.2, 0) is 5.33 Å². The average Bonchev–Trinajstić information content (AvgIpc) is 2.70. The standard InChI is InChI=1S/C11H11BrN2/c1-9-6-10(7-12)2-3-11(9)14-5-4-13-8-14/h2-6,8H,7H2,1H3. The van der Waals surface area contributed by atoms with Crippen molar-refractivity contribution in [1.29, 1.82) is 0 Å². The van der Waals surface area contributed by atoms with Crippen molar-refractivity contribution < 1.29 is 0 Å². The maximum Gasteiger partial charge on any atom is 0.0991 e. The summed E-state index contributed by atoms with van der Waals surface area (Å²) in [4.78, 5) is 4.04. The molecular formula is C11H11BrN2. The van der Waals surface area contributed by atoms with Crippen LogP contribution in [0.2, 0.25) is 0 Å². The lowest BCUT2D eigenvalue weighted by Gasteiger charge is -2.07. The molecule has 0 N–H and O–H groups in total. The molecule has 0 fully saturated rings. The number of aromatic nitrogens is 2. The summed E-state index contributed by atoms with van der Waals surface area (Å²) in [6, 6.07) is 6.43. The summed E-state index contributed by atoms with van der Waals surface area (Å²) in [5.74, 6) is 0. The number of halogens is 1. The van der Waals surface area contributed by atoms with Crippen LogP contribution in [0.3, 0.4) is 0 Å². The minimum Gasteiger partial charge on any atom is -0.306 e. The van der Waals surface area contributed by atoms with Crippen molar-refractivity contribution in [2.75, 3.05) is 0 Å². The van der Waals surface area contributed by atoms with Gasteiger partial charge < -0.3 is 4.57 Å². The number of nitrogens with zero attached hydrogens (tertiary/aromatic N) is 2. The van der Waals surface area contributed by atoms with E-state index < -0.39 is 0 Å². The van der Waals surface area contributed by atoms with Gasteiger partial charge in [-0.3, -0.25) is 0 Å². The Morgan fingerprint density at radius 2 is 2.29 bits per heavy atom. The Hall–Kier alpha value is -1.09. The summed E-state index contributed by atoms with van der Waals surface area (Å²) in [6.45, 7) is 2.11. The van der Waals surface area contributed by atoms with E-state index in [0.717, 1.165) is 5.33 Å². The molecule has 14 heavy (non-hydrogen) atoms. The summed E-state index contributed by atoms with van der Waals surface area (Å²) < 4.78 is 2.02. The van der Waals surface area contributed by atoms with Crippen LogP contribution in [0.1, 0.15) is 11.1 Å². The van der Waals surface area contributed by atoms with E-state index in [4.69, 9.17) is 0 Å². The van der Waals surface area contributed by atoms with Crippen LogP contribution >= 0.6 is 15.9 Å². The van der Waals surface area contributed by atoms with E-state index in [1.807, 2.05) is 17.1 Å². The number of aryl methyl sites for hydroxylation is 1. The van der Waals surface area contributed by atoms with Crippen LogP contribution in [0, 0.1) is 6.92 Å². The summed E-state index contributed by atoms with van der Waals surface area (Å²) >= 11 is 3.45. The highest BCUT2D eigenvalue weighted by Crippen LogP contribution is 2.16. The smallest absolute Gasteiger partial charge is 0.0991 e. The highest BCUT2D eigenvalue weighted by Gasteiger charge is 2.00. The number of benzene rings is 1. The molecular weight excluding hydrogens is 240 g/mol. The third kappa shape index (κ3) is 1.73. The van der Waals surface area contributed by atoms with Gasteiger partial charge in [-0.2, -0.15) is 0 Å². The molecule has 0 amide bonds. The Morgan fingerprint density at radius 3 is 2.86 bits per heavy atom. The third-order valence-electron chi connectivity index (χ3n) is 2.20. The number of alkyl halides is 1. The average molecular weight is 251 g/mol. The zero-order valence-corrected chi connectivity index (χ0v) is 9.53. The van der Waals surface area contributed by atoms with Gasteiger partial charge in [-0.05, 0) is 24.1 Å². The van der Waals surface area contributed by atoms with Gasteiger partial charge in [0.15, 0.2) is 0 Å². The Balaban J connectivity index is 2.46. The number of rotatable bonds is 2. The summed E-state index contributed by atoms with van der Waals surface area (Å²) in [5.41, 5.74) is 3.75. The molecule has 2 rings (SSSR count). The zero-order chi connectivity index (χ0) is 9.97. The lowest BCUT2D eigenvalue weighted by molar-refractivity contribution is 1.04. The predicted molar refractivity (Wildman–Crippen MR) is 60.9 cm³/mol. The molecule has 0 aliphatic rings. The van der Waals surface area contributed by atoms with E-state index in [-0.39, 0.29) is 0 Å². The fourth-order valence-electron chi connectivity index (χ4n) is 1.49. The van der Waals surface area contributed by atoms with Crippen molar-refractivity contribution in [2.24, 2.45) is 0 Å². The van der Waals surface area contributed by atoms with Gasteiger partial charge in [0.1, 0.15) is 0 Å². The molecule has 0 unspecified atom stereocenters. The van der Waals surface area contributed by atoms with Crippen LogP contribution in [-0.4, -0.2) is 9.55 Å². The molecule has 0 saturated carbocycles. The molecule has 2 nitrogen and oxygen atoms in total. The van der Waals surface area contributed by atoms with Gasteiger partial charge in [-0.1, -0.05) is 28.1 Å². The molecule has 1 aromatic heterocycles. The van der Waals surface area contributed by atoms with Gasteiger partial charge in [-0.25, -0.2) is 4.98 Å². The molecule has 0 aliphatic heterocycles. The summed E-state index contributed by atoms with van der Waals surface area (Å²) in [7, 11) is 0. The fourth-order valence-corrected chi connectivity index (χ4v) is 1.84. The topological polar surface area (TPSA) is 17.8 Å². The molecule has 0 saturated heterocycles. The van der Waals surface area contributed by atoms with Crippen molar-refractivity contribution in [2.45, 2.75) is 12.3 Å². The maximum atomic E-state index is 4.04. The van der Waals surface area contributed by atoms with E-state index in [2.05, 4.69) is 46.0 Å². The summed E-state index contributed by atoms with van der Waals surface area (Å²) in [6.07, 6.45) is 5.56. The first kappa shape index (κ1) is 9.46. The Morgan fingerprint density at radius 1 is 1.43 bits per heavy atom. The molecule has 1 aromatic carbocycles. The van der Waals surface area contributed by atoms with E-state index in [0.29, 0.717) is 0 Å². The minimum absolute atomic E-state index is 0.901. The highest BCUT2D eigenvalue weighted by molar-refractivity contribution is 9.08. The number of hydrogen-bond acceptors (Lipinski definition) is 1. The molecule has 1 heterocycles. The van der Waals surface area contributed by atoms with Crippen LogP contribution < -0.4 is 0 Å². The normalized spacial score (nSPS) is 10.4. The Kier molecular flexibility index (Phi) is 2.68. The van der Waals surface area contributed by atoms with Crippen LogP contribution in [0.25, 0.3) is 5.69 Å². The quantitative estimate of drug-likeness (QED) is 0.750. The largest absolute Gasteiger partial charge is 0.306 e. The molecule has 72 valence electrons. The van der Waals surface area contributed by atoms with Gasteiger partial charge in [0.2, 0.25) is 0 Å². The monoisotopic (exact) mass is 250 g/mol. The zero-order valence-electron chi connectivity index (χ0n) is 7.94. The molecule has 0 aliphatic carbocycles. The number of hydrogen-bond donors (Lipinski definition) is 0. The van der Waals surface area contributed by atoms with Gasteiger partial charge in [0.05, 0.1) is 6.33 Å². The van der Waals surface area contributed by atoms with Crippen molar-refractivity contribution in [3.8, 4) is 5.69 Å². The molecule has 0 bridgehead atoms. The van der Waals surface area contributed by atoms with Crippen molar-refractivity contribution >= 4 is 15.9 Å². The first-order valence-electron chi connectivity index (χ1n) is 4.45. The molecule has 3 heteroatoms. The first-order valence-corrected chi connectivity index (χ1v) is 5.57. The van der Waals surface area contributed by atoms with E-state index >= 15 is 0 Å². The highest BCUT2D eigenvalue weighted by atomic mass is 79.9. The van der Waals surface area contributed by atoms with E-state index in [9.17, 15) is 0 Å². The van der Waals surface area contributed by atoms with Gasteiger partial charge in [0.25, 0.3) is 0 Å². The second-order valence-corrected chi connectivity index (χ2v) is 3.79. The van der Waals surface area contributed by atoms with Gasteiger partial charge in [-0.15, -0.1) is 0 Å². The maximum absolute atomic E-state index is 4.04. The van der Waals surface area contributed by atoms with E-state index in [1.165, 1.54) is 16.8 Å². The predicted octanol–water partition coefficient (Wildman–Crippen LogP) is 3.08. The Labute approximate surface area is 91.7 Å². The summed E-state index contributed by atoms with van der Waals surface area (Å²) in [5, 5.41) is 0.901. The first-order chi connectivity index (χ1) is 6.81. The fraction of sp³-hybridized carbons (Fsp3) is 0.182. The van der Waals surface area contributed by atoms with Crippen LogP contribution in [0.15, 0.2) is 36.9 Å². The van der Waals surface area contributed by atoms with E-state index in [1.54, 1.807) is 6.20 Å². The van der Waals surface area contributed by atoms with Crippen LogP contribution in [0.5, 0.6) is 0 Å². The van der Waals surface area contributed by atoms with Crippen molar-refractivity contribution in [3.05, 3.63) is 48.0 Å². The van der Waals surface area contributed by atoms with Gasteiger partial charge in [0, 0.05) is 23.4 Å². The SMILES string of the molecule is Cc1cc(CBr)ccc1-n1ccnc1. The molecule has 0 radical (unpaired) electrons. The van der Waals surface area contributed by atoms with Gasteiger partial charge >= 0.3 is 0 Å². The number of imidazole rings is 1. The second-order valence-electron chi connectivity index (χ2n) is 3.22. The minimum atomic E-state index is 0.901. The lowest BCUT2D eigenvalue weighted by Crippen LogP contribution is -1.94. The Bertz CT molecular complexity index is 421. The molecule has 2 aromatic rings. The van der Waals surface area contributed by atoms with Crippen molar-refractivity contribution in [1.82, 2.24) is 9.55 Å². The molecule has 0 spiro atoms. The van der Waals surface area contributed by atoms with Crippen LogP contribution in [0.4, 0.5) is 0 Å². The van der Waals surface area contributed by atoms with Crippen molar-refractivity contribution in [3.63, 3.8) is 0 Å². The molecule has 0 atom stereocenters.